The normalized spacial score (nSPS) is 17.7. The third-order valence-electron chi connectivity index (χ3n) is 5.20. The summed E-state index contributed by atoms with van der Waals surface area (Å²) in [6.45, 7) is 0.325. The van der Waals surface area contributed by atoms with E-state index in [4.69, 9.17) is 0 Å². The molecule has 5 nitrogen and oxygen atoms in total. The van der Waals surface area contributed by atoms with E-state index in [9.17, 15) is 14.7 Å². The van der Waals surface area contributed by atoms with Gasteiger partial charge in [-0.25, -0.2) is 4.79 Å². The zero-order chi connectivity index (χ0) is 19.5. The number of benzene rings is 2. The molecule has 1 aliphatic carbocycles. The lowest BCUT2D eigenvalue weighted by atomic mass is 10.0. The van der Waals surface area contributed by atoms with Gasteiger partial charge in [0.05, 0.1) is 12.1 Å². The van der Waals surface area contributed by atoms with E-state index < -0.39 is 5.97 Å². The van der Waals surface area contributed by atoms with Crippen molar-refractivity contribution in [2.75, 3.05) is 4.90 Å². The van der Waals surface area contributed by atoms with Crippen LogP contribution in [0.15, 0.2) is 73.1 Å². The van der Waals surface area contributed by atoms with E-state index >= 15 is 0 Å². The molecule has 140 valence electrons. The Hall–Kier alpha value is -3.47. The van der Waals surface area contributed by atoms with E-state index in [1.807, 2.05) is 36.5 Å². The largest absolute Gasteiger partial charge is 0.478 e. The van der Waals surface area contributed by atoms with Crippen molar-refractivity contribution >= 4 is 18.1 Å². The van der Waals surface area contributed by atoms with Crippen LogP contribution in [0, 0.1) is 0 Å². The van der Waals surface area contributed by atoms with Gasteiger partial charge in [-0.1, -0.05) is 36.4 Å². The third-order valence-corrected chi connectivity index (χ3v) is 5.20. The summed E-state index contributed by atoms with van der Waals surface area (Å²) in [7, 11) is 0. The number of aromatic carboxylic acids is 1. The summed E-state index contributed by atoms with van der Waals surface area (Å²) in [5.41, 5.74) is 4.22. The summed E-state index contributed by atoms with van der Waals surface area (Å²) < 4.78 is 0. The van der Waals surface area contributed by atoms with Crippen molar-refractivity contribution in [3.05, 3.63) is 95.3 Å². The minimum atomic E-state index is -0.975. The maximum Gasteiger partial charge on any atom is 0.335 e. The number of hydrogen-bond donors (Lipinski definition) is 1. The van der Waals surface area contributed by atoms with Crippen LogP contribution in [0.4, 0.5) is 5.69 Å². The molecule has 1 aromatic heterocycles. The van der Waals surface area contributed by atoms with E-state index in [1.165, 1.54) is 5.56 Å². The van der Waals surface area contributed by atoms with Crippen molar-refractivity contribution in [2.45, 2.75) is 24.8 Å². The van der Waals surface area contributed by atoms with Crippen LogP contribution in [0.2, 0.25) is 0 Å². The molecule has 1 heterocycles. The Morgan fingerprint density at radius 2 is 1.96 bits per heavy atom. The van der Waals surface area contributed by atoms with Crippen molar-refractivity contribution in [3.63, 3.8) is 0 Å². The molecule has 4 rings (SSSR count). The Bertz CT molecular complexity index is 1000. The molecule has 2 unspecified atom stereocenters. The molecule has 0 saturated heterocycles. The van der Waals surface area contributed by atoms with E-state index in [0.717, 1.165) is 29.6 Å². The first kappa shape index (κ1) is 17.9. The van der Waals surface area contributed by atoms with Crippen LogP contribution in [0.3, 0.4) is 0 Å². The Morgan fingerprint density at radius 3 is 2.71 bits per heavy atom. The first-order chi connectivity index (χ1) is 13.7. The van der Waals surface area contributed by atoms with Crippen molar-refractivity contribution in [1.82, 2.24) is 4.98 Å². The lowest BCUT2D eigenvalue weighted by molar-refractivity contribution is -0.107. The maximum absolute atomic E-state index is 11.9. The second-order valence-electron chi connectivity index (χ2n) is 7.03. The standard InChI is InChI=1S/C23H20N2O3/c26-15-25(14-16-5-3-6-17(11-16)23(27)28)22-9-2-1-8-19(22)21-12-20(21)18-7-4-10-24-13-18/h1-11,13,15,20-21H,12,14H2,(H,27,28). The van der Waals surface area contributed by atoms with Crippen LogP contribution in [0.1, 0.15) is 45.3 Å². The SMILES string of the molecule is O=CN(Cc1cccc(C(=O)O)c1)c1ccccc1C1CC1c1cccnc1. The number of carboxylic acid groups (broad SMARTS) is 1. The second kappa shape index (κ2) is 7.64. The average Bonchev–Trinajstić information content (AvgIpc) is 3.54. The highest BCUT2D eigenvalue weighted by Crippen LogP contribution is 2.56. The number of aromatic nitrogens is 1. The third kappa shape index (κ3) is 3.64. The monoisotopic (exact) mass is 372 g/mol. The van der Waals surface area contributed by atoms with Crippen LogP contribution < -0.4 is 4.90 Å². The fourth-order valence-electron chi connectivity index (χ4n) is 3.74. The zero-order valence-electron chi connectivity index (χ0n) is 15.2. The van der Waals surface area contributed by atoms with Gasteiger partial charge in [0.1, 0.15) is 0 Å². The molecule has 3 aromatic rings. The molecule has 2 atom stereocenters. The summed E-state index contributed by atoms with van der Waals surface area (Å²) in [5, 5.41) is 9.19. The molecular formula is C23H20N2O3. The van der Waals surface area contributed by atoms with Gasteiger partial charge in [-0.05, 0) is 59.2 Å². The number of pyridine rings is 1. The van der Waals surface area contributed by atoms with Crippen LogP contribution in [0.5, 0.6) is 0 Å². The van der Waals surface area contributed by atoms with Gasteiger partial charge in [0.15, 0.2) is 0 Å². The van der Waals surface area contributed by atoms with Crippen molar-refractivity contribution in [1.29, 1.82) is 0 Å². The molecule has 1 saturated carbocycles. The molecule has 0 aliphatic heterocycles. The molecule has 1 amide bonds. The molecule has 0 spiro atoms. The highest BCUT2D eigenvalue weighted by atomic mass is 16.4. The summed E-state index contributed by atoms with van der Waals surface area (Å²) in [6, 6.07) is 18.7. The lowest BCUT2D eigenvalue weighted by Gasteiger charge is -2.21. The molecule has 1 fully saturated rings. The number of anilines is 1. The van der Waals surface area contributed by atoms with Gasteiger partial charge in [-0.15, -0.1) is 0 Å². The predicted octanol–water partition coefficient (Wildman–Crippen LogP) is 4.21. The van der Waals surface area contributed by atoms with Crippen molar-refractivity contribution < 1.29 is 14.7 Å². The van der Waals surface area contributed by atoms with E-state index in [2.05, 4.69) is 17.1 Å². The molecule has 1 aliphatic rings. The number of nitrogens with zero attached hydrogens (tertiary/aromatic N) is 2. The lowest BCUT2D eigenvalue weighted by Crippen LogP contribution is -2.22. The van der Waals surface area contributed by atoms with Crippen molar-refractivity contribution in [3.8, 4) is 0 Å². The number of amides is 1. The smallest absolute Gasteiger partial charge is 0.335 e. The summed E-state index contributed by atoms with van der Waals surface area (Å²) in [5.74, 6) is -0.205. The summed E-state index contributed by atoms with van der Waals surface area (Å²) in [6.07, 6.45) is 5.52. The summed E-state index contributed by atoms with van der Waals surface area (Å²) >= 11 is 0. The fourth-order valence-corrected chi connectivity index (χ4v) is 3.74. The number of carboxylic acids is 1. The number of para-hydroxylation sites is 1. The minimum absolute atomic E-state index is 0.218. The fraction of sp³-hybridized carbons (Fsp3) is 0.174. The van der Waals surface area contributed by atoms with Crippen molar-refractivity contribution in [2.24, 2.45) is 0 Å². The molecule has 0 radical (unpaired) electrons. The first-order valence-electron chi connectivity index (χ1n) is 9.20. The van der Waals surface area contributed by atoms with Crippen LogP contribution >= 0.6 is 0 Å². The van der Waals surface area contributed by atoms with Gasteiger partial charge < -0.3 is 10.0 Å². The molecular weight excluding hydrogens is 352 g/mol. The van der Waals surface area contributed by atoms with Gasteiger partial charge >= 0.3 is 5.97 Å². The van der Waals surface area contributed by atoms with Crippen LogP contribution in [-0.2, 0) is 11.3 Å². The number of hydrogen-bond acceptors (Lipinski definition) is 3. The van der Waals surface area contributed by atoms with Gasteiger partial charge in [-0.2, -0.15) is 0 Å². The number of carbonyl (C=O) groups excluding carboxylic acids is 1. The van der Waals surface area contributed by atoms with Gasteiger partial charge in [0.25, 0.3) is 0 Å². The highest BCUT2D eigenvalue weighted by Gasteiger charge is 2.41. The topological polar surface area (TPSA) is 70.5 Å². The quantitative estimate of drug-likeness (QED) is 0.631. The molecule has 1 N–H and O–H groups in total. The van der Waals surface area contributed by atoms with E-state index in [0.29, 0.717) is 18.4 Å². The summed E-state index contributed by atoms with van der Waals surface area (Å²) in [4.78, 5) is 28.9. The van der Waals surface area contributed by atoms with Crippen LogP contribution in [-0.4, -0.2) is 22.5 Å². The Morgan fingerprint density at radius 1 is 1.11 bits per heavy atom. The van der Waals surface area contributed by atoms with Crippen LogP contribution in [0.25, 0.3) is 0 Å². The molecule has 0 bridgehead atoms. The maximum atomic E-state index is 11.9. The molecule has 28 heavy (non-hydrogen) atoms. The minimum Gasteiger partial charge on any atom is -0.478 e. The highest BCUT2D eigenvalue weighted by molar-refractivity contribution is 5.88. The molecule has 5 heteroatoms. The van der Waals surface area contributed by atoms with Gasteiger partial charge in [0.2, 0.25) is 6.41 Å². The van der Waals surface area contributed by atoms with E-state index in [1.54, 1.807) is 29.3 Å². The Balaban J connectivity index is 1.59. The van der Waals surface area contributed by atoms with E-state index in [-0.39, 0.29) is 5.56 Å². The van der Waals surface area contributed by atoms with Gasteiger partial charge in [-0.3, -0.25) is 9.78 Å². The second-order valence-corrected chi connectivity index (χ2v) is 7.03. The zero-order valence-corrected chi connectivity index (χ0v) is 15.2. The number of carbonyl (C=O) groups is 2. The first-order valence-corrected chi connectivity index (χ1v) is 9.20. The van der Waals surface area contributed by atoms with Gasteiger partial charge in [0, 0.05) is 18.1 Å². The predicted molar refractivity (Wildman–Crippen MR) is 106 cm³/mol. The number of rotatable bonds is 7. The molecule has 2 aromatic carbocycles. The average molecular weight is 372 g/mol. The Labute approximate surface area is 163 Å². The Kier molecular flexibility index (Phi) is 4.89.